The molecule has 2 aliphatic carbocycles. The van der Waals surface area contributed by atoms with Gasteiger partial charge in [0.2, 0.25) is 0 Å². The predicted octanol–water partition coefficient (Wildman–Crippen LogP) is 3.20. The van der Waals surface area contributed by atoms with Gasteiger partial charge in [-0.15, -0.1) is 0 Å². The lowest BCUT2D eigenvalue weighted by atomic mass is 9.78. The van der Waals surface area contributed by atoms with Crippen molar-refractivity contribution >= 4 is 0 Å². The van der Waals surface area contributed by atoms with Crippen molar-refractivity contribution in [3.63, 3.8) is 0 Å². The maximum atomic E-state index is 6.40. The molecule has 2 bridgehead atoms. The van der Waals surface area contributed by atoms with Gasteiger partial charge in [-0.3, -0.25) is 0 Å². The molecule has 0 aromatic heterocycles. The topological polar surface area (TPSA) is 35.2 Å². The summed E-state index contributed by atoms with van der Waals surface area (Å²) in [6.07, 6.45) is 7.18. The van der Waals surface area contributed by atoms with Crippen LogP contribution in [-0.2, 0) is 4.74 Å². The fourth-order valence-corrected chi connectivity index (χ4v) is 4.31. The SMILES string of the molecule is COC(C(N)CC1CC2CCC1C2)C(C)(C)C. The van der Waals surface area contributed by atoms with Crippen LogP contribution < -0.4 is 5.73 Å². The molecule has 2 nitrogen and oxygen atoms in total. The molecule has 2 rings (SSSR count). The highest BCUT2D eigenvalue weighted by atomic mass is 16.5. The van der Waals surface area contributed by atoms with Gasteiger partial charge in [0.05, 0.1) is 6.10 Å². The van der Waals surface area contributed by atoms with Gasteiger partial charge < -0.3 is 10.5 Å². The highest BCUT2D eigenvalue weighted by Crippen LogP contribution is 2.50. The van der Waals surface area contributed by atoms with Gasteiger partial charge in [0.25, 0.3) is 0 Å². The molecule has 0 aromatic carbocycles. The van der Waals surface area contributed by atoms with Crippen LogP contribution in [0.2, 0.25) is 0 Å². The summed E-state index contributed by atoms with van der Waals surface area (Å²) >= 11 is 0. The van der Waals surface area contributed by atoms with Crippen LogP contribution in [-0.4, -0.2) is 19.3 Å². The number of rotatable bonds is 4. The van der Waals surface area contributed by atoms with E-state index in [0.29, 0.717) is 0 Å². The Morgan fingerprint density at radius 3 is 2.35 bits per heavy atom. The van der Waals surface area contributed by atoms with E-state index >= 15 is 0 Å². The van der Waals surface area contributed by atoms with Crippen LogP contribution in [0.15, 0.2) is 0 Å². The van der Waals surface area contributed by atoms with Crippen molar-refractivity contribution in [3.8, 4) is 0 Å². The minimum absolute atomic E-state index is 0.145. The van der Waals surface area contributed by atoms with Gasteiger partial charge in [-0.05, 0) is 48.9 Å². The van der Waals surface area contributed by atoms with Crippen molar-refractivity contribution in [2.24, 2.45) is 28.9 Å². The molecular formula is C15H29NO. The zero-order valence-electron chi connectivity index (χ0n) is 11.9. The normalized spacial score (nSPS) is 36.2. The summed E-state index contributed by atoms with van der Waals surface area (Å²) in [7, 11) is 1.80. The van der Waals surface area contributed by atoms with E-state index in [0.717, 1.165) is 24.2 Å². The Morgan fingerprint density at radius 1 is 1.24 bits per heavy atom. The quantitative estimate of drug-likeness (QED) is 0.817. The second kappa shape index (κ2) is 4.89. The number of hydrogen-bond acceptors (Lipinski definition) is 2. The lowest BCUT2D eigenvalue weighted by Gasteiger charge is -2.36. The van der Waals surface area contributed by atoms with Crippen LogP contribution in [0.1, 0.15) is 52.9 Å². The molecule has 5 unspecified atom stereocenters. The maximum absolute atomic E-state index is 6.40. The molecule has 100 valence electrons. The van der Waals surface area contributed by atoms with E-state index in [1.165, 1.54) is 25.7 Å². The van der Waals surface area contributed by atoms with Gasteiger partial charge in [-0.1, -0.05) is 27.2 Å². The minimum Gasteiger partial charge on any atom is -0.379 e. The summed E-state index contributed by atoms with van der Waals surface area (Å²) in [6.45, 7) is 6.67. The van der Waals surface area contributed by atoms with Gasteiger partial charge in [-0.2, -0.15) is 0 Å². The molecule has 2 saturated carbocycles. The third kappa shape index (κ3) is 2.85. The van der Waals surface area contributed by atoms with Crippen LogP contribution in [0.3, 0.4) is 0 Å². The molecule has 2 fully saturated rings. The van der Waals surface area contributed by atoms with Gasteiger partial charge in [0.15, 0.2) is 0 Å². The Hall–Kier alpha value is -0.0800. The first-order chi connectivity index (χ1) is 7.91. The molecule has 0 aromatic rings. The molecular weight excluding hydrogens is 210 g/mol. The molecule has 0 amide bonds. The average Bonchev–Trinajstić information content (AvgIpc) is 2.77. The van der Waals surface area contributed by atoms with Crippen molar-refractivity contribution in [1.82, 2.24) is 0 Å². The number of methoxy groups -OCH3 is 1. The minimum atomic E-state index is 0.145. The number of ether oxygens (including phenoxy) is 1. The Morgan fingerprint density at radius 2 is 1.94 bits per heavy atom. The Kier molecular flexibility index (Phi) is 3.84. The van der Waals surface area contributed by atoms with E-state index < -0.39 is 0 Å². The second-order valence-electron chi connectivity index (χ2n) is 7.36. The van der Waals surface area contributed by atoms with Crippen molar-refractivity contribution in [1.29, 1.82) is 0 Å². The summed E-state index contributed by atoms with van der Waals surface area (Å²) in [6, 6.07) is 0.198. The lowest BCUT2D eigenvalue weighted by molar-refractivity contribution is -0.00889. The molecule has 5 atom stereocenters. The van der Waals surface area contributed by atoms with E-state index in [4.69, 9.17) is 10.5 Å². The van der Waals surface area contributed by atoms with E-state index in [1.807, 2.05) is 0 Å². The predicted molar refractivity (Wildman–Crippen MR) is 71.8 cm³/mol. The molecule has 0 heterocycles. The highest BCUT2D eigenvalue weighted by Gasteiger charge is 2.41. The van der Waals surface area contributed by atoms with E-state index in [-0.39, 0.29) is 17.6 Å². The number of fused-ring (bicyclic) bond motifs is 2. The summed E-state index contributed by atoms with van der Waals surface area (Å²) in [5.74, 6) is 2.88. The first kappa shape index (κ1) is 13.4. The summed E-state index contributed by atoms with van der Waals surface area (Å²) in [4.78, 5) is 0. The van der Waals surface area contributed by atoms with E-state index in [1.54, 1.807) is 7.11 Å². The van der Waals surface area contributed by atoms with Gasteiger partial charge in [-0.25, -0.2) is 0 Å². The smallest absolute Gasteiger partial charge is 0.0770 e. The fourth-order valence-electron chi connectivity index (χ4n) is 4.31. The van der Waals surface area contributed by atoms with Crippen LogP contribution in [0, 0.1) is 23.2 Å². The Balaban J connectivity index is 1.90. The largest absolute Gasteiger partial charge is 0.379 e. The van der Waals surface area contributed by atoms with Gasteiger partial charge >= 0.3 is 0 Å². The van der Waals surface area contributed by atoms with Crippen molar-refractivity contribution in [2.75, 3.05) is 7.11 Å². The van der Waals surface area contributed by atoms with Crippen LogP contribution in [0.5, 0.6) is 0 Å². The third-order valence-corrected chi connectivity index (χ3v) is 4.96. The van der Waals surface area contributed by atoms with E-state index in [2.05, 4.69) is 20.8 Å². The molecule has 0 radical (unpaired) electrons. The molecule has 17 heavy (non-hydrogen) atoms. The first-order valence-corrected chi connectivity index (χ1v) is 7.20. The molecule has 2 aliphatic rings. The monoisotopic (exact) mass is 239 g/mol. The zero-order chi connectivity index (χ0) is 12.6. The maximum Gasteiger partial charge on any atom is 0.0770 e. The van der Waals surface area contributed by atoms with Crippen LogP contribution >= 0.6 is 0 Å². The number of hydrogen-bond donors (Lipinski definition) is 1. The highest BCUT2D eigenvalue weighted by molar-refractivity contribution is 4.94. The standard InChI is InChI=1S/C15H29NO/c1-15(2,3)14(17-4)13(16)9-12-8-10-5-6-11(12)7-10/h10-14H,5-9,16H2,1-4H3. The lowest BCUT2D eigenvalue weighted by Crippen LogP contribution is -2.46. The Bertz CT molecular complexity index is 258. The molecule has 2 N–H and O–H groups in total. The van der Waals surface area contributed by atoms with Crippen LogP contribution in [0.4, 0.5) is 0 Å². The zero-order valence-corrected chi connectivity index (χ0v) is 11.9. The molecule has 0 saturated heterocycles. The van der Waals surface area contributed by atoms with Gasteiger partial charge in [0.1, 0.15) is 0 Å². The summed E-state index contributed by atoms with van der Waals surface area (Å²) < 4.78 is 5.64. The number of nitrogens with two attached hydrogens (primary N) is 1. The van der Waals surface area contributed by atoms with Crippen molar-refractivity contribution < 1.29 is 4.74 Å². The van der Waals surface area contributed by atoms with E-state index in [9.17, 15) is 0 Å². The third-order valence-electron chi connectivity index (χ3n) is 4.96. The fraction of sp³-hybridized carbons (Fsp3) is 1.00. The van der Waals surface area contributed by atoms with Gasteiger partial charge in [0, 0.05) is 13.2 Å². The van der Waals surface area contributed by atoms with Crippen LogP contribution in [0.25, 0.3) is 0 Å². The molecule has 0 aliphatic heterocycles. The van der Waals surface area contributed by atoms with Crippen molar-refractivity contribution in [3.05, 3.63) is 0 Å². The molecule has 2 heteroatoms. The Labute approximate surface area is 106 Å². The summed E-state index contributed by atoms with van der Waals surface area (Å²) in [5.41, 5.74) is 6.55. The summed E-state index contributed by atoms with van der Waals surface area (Å²) in [5, 5.41) is 0. The average molecular weight is 239 g/mol. The first-order valence-electron chi connectivity index (χ1n) is 7.20. The van der Waals surface area contributed by atoms with Crippen molar-refractivity contribution in [2.45, 2.75) is 65.0 Å². The second-order valence-corrected chi connectivity index (χ2v) is 7.36. The molecule has 0 spiro atoms.